The highest BCUT2D eigenvalue weighted by atomic mass is 79.9. The molecule has 1 aliphatic carbocycles. The summed E-state index contributed by atoms with van der Waals surface area (Å²) in [5.74, 6) is 0. The number of hydrogen-bond acceptors (Lipinski definition) is 3. The van der Waals surface area contributed by atoms with Crippen molar-refractivity contribution < 1.29 is 5.11 Å². The summed E-state index contributed by atoms with van der Waals surface area (Å²) in [5, 5.41) is 12.9. The van der Waals surface area contributed by atoms with Gasteiger partial charge in [0.25, 0.3) is 0 Å². The number of rotatable bonds is 7. The number of benzene rings is 1. The lowest BCUT2D eigenvalue weighted by Crippen LogP contribution is -2.15. The molecule has 1 saturated carbocycles. The lowest BCUT2D eigenvalue weighted by Gasteiger charge is -2.11. The second-order valence-corrected chi connectivity index (χ2v) is 7.22. The lowest BCUT2D eigenvalue weighted by atomic mass is 10.2. The second kappa shape index (κ2) is 6.94. The molecule has 1 aromatic rings. The Bertz CT molecular complexity index is 395. The monoisotopic (exact) mass is 329 g/mol. The molecule has 0 saturated heterocycles. The zero-order valence-electron chi connectivity index (χ0n) is 10.7. The maximum Gasteiger partial charge on any atom is 0.0441 e. The predicted molar refractivity (Wildman–Crippen MR) is 81.0 cm³/mol. The Kier molecular flexibility index (Phi) is 5.55. The van der Waals surface area contributed by atoms with Gasteiger partial charge in [0.15, 0.2) is 0 Å². The van der Waals surface area contributed by atoms with Crippen molar-refractivity contribution in [3.05, 3.63) is 28.2 Å². The molecule has 0 aliphatic heterocycles. The van der Waals surface area contributed by atoms with Crippen molar-refractivity contribution in [2.24, 2.45) is 0 Å². The van der Waals surface area contributed by atoms with E-state index in [4.69, 9.17) is 5.11 Å². The summed E-state index contributed by atoms with van der Waals surface area (Å²) in [6, 6.07) is 7.29. The van der Waals surface area contributed by atoms with Crippen molar-refractivity contribution in [1.82, 2.24) is 5.32 Å². The van der Waals surface area contributed by atoms with E-state index in [1.165, 1.54) is 27.8 Å². The van der Waals surface area contributed by atoms with Gasteiger partial charge in [0, 0.05) is 33.8 Å². The average Bonchev–Trinajstić information content (AvgIpc) is 3.12. The molecule has 1 atom stereocenters. The Morgan fingerprint density at radius 3 is 2.89 bits per heavy atom. The Labute approximate surface area is 122 Å². The standard InChI is InChI=1S/C14H20BrNOS/c1-10(6-7-17)18-13-5-2-11(14(15)8-13)9-16-12-3-4-12/h2,5,8,10,12,16-17H,3-4,6-7,9H2,1H3. The fourth-order valence-corrected chi connectivity index (χ4v) is 3.45. The summed E-state index contributed by atoms with van der Waals surface area (Å²) in [7, 11) is 0. The van der Waals surface area contributed by atoms with Crippen LogP contribution in [0.1, 0.15) is 31.7 Å². The summed E-state index contributed by atoms with van der Waals surface area (Å²) in [5.41, 5.74) is 1.32. The molecule has 0 aromatic heterocycles. The maximum absolute atomic E-state index is 8.91. The topological polar surface area (TPSA) is 32.3 Å². The molecule has 18 heavy (non-hydrogen) atoms. The minimum atomic E-state index is 0.263. The third-order valence-electron chi connectivity index (χ3n) is 3.06. The van der Waals surface area contributed by atoms with Gasteiger partial charge >= 0.3 is 0 Å². The first kappa shape index (κ1) is 14.4. The SMILES string of the molecule is CC(CCO)Sc1ccc(CNC2CC2)c(Br)c1. The minimum absolute atomic E-state index is 0.263. The fourth-order valence-electron chi connectivity index (χ4n) is 1.76. The normalized spacial score (nSPS) is 16.8. The molecule has 1 unspecified atom stereocenters. The first-order valence-electron chi connectivity index (χ1n) is 6.48. The van der Waals surface area contributed by atoms with Gasteiger partial charge in [-0.3, -0.25) is 0 Å². The van der Waals surface area contributed by atoms with Crippen LogP contribution in [-0.2, 0) is 6.54 Å². The average molecular weight is 330 g/mol. The van der Waals surface area contributed by atoms with Crippen LogP contribution in [0.4, 0.5) is 0 Å². The van der Waals surface area contributed by atoms with E-state index in [-0.39, 0.29) is 6.61 Å². The molecule has 1 aromatic carbocycles. The van der Waals surface area contributed by atoms with Crippen molar-refractivity contribution >= 4 is 27.7 Å². The molecule has 4 heteroatoms. The van der Waals surface area contributed by atoms with Crippen molar-refractivity contribution in [2.45, 2.75) is 48.9 Å². The van der Waals surface area contributed by atoms with Crippen molar-refractivity contribution in [1.29, 1.82) is 0 Å². The van der Waals surface area contributed by atoms with E-state index in [1.54, 1.807) is 0 Å². The van der Waals surface area contributed by atoms with Gasteiger partial charge in [-0.05, 0) is 37.0 Å². The van der Waals surface area contributed by atoms with Gasteiger partial charge in [-0.1, -0.05) is 28.9 Å². The Hall–Kier alpha value is -0.0300. The fraction of sp³-hybridized carbons (Fsp3) is 0.571. The van der Waals surface area contributed by atoms with E-state index in [9.17, 15) is 0 Å². The van der Waals surface area contributed by atoms with E-state index >= 15 is 0 Å². The number of thioether (sulfide) groups is 1. The van der Waals surface area contributed by atoms with Gasteiger partial charge < -0.3 is 10.4 Å². The molecule has 100 valence electrons. The number of aliphatic hydroxyl groups is 1. The molecule has 1 fully saturated rings. The van der Waals surface area contributed by atoms with Gasteiger partial charge in [0.1, 0.15) is 0 Å². The zero-order valence-corrected chi connectivity index (χ0v) is 13.1. The molecular formula is C14H20BrNOS. The number of hydrogen-bond donors (Lipinski definition) is 2. The second-order valence-electron chi connectivity index (χ2n) is 4.85. The van der Waals surface area contributed by atoms with Gasteiger partial charge in [-0.25, -0.2) is 0 Å². The van der Waals surface area contributed by atoms with E-state index in [0.29, 0.717) is 5.25 Å². The molecular weight excluding hydrogens is 310 g/mol. The molecule has 0 bridgehead atoms. The Morgan fingerprint density at radius 2 is 2.28 bits per heavy atom. The Balaban J connectivity index is 1.90. The first-order valence-corrected chi connectivity index (χ1v) is 8.15. The van der Waals surface area contributed by atoms with E-state index in [2.05, 4.69) is 46.4 Å². The van der Waals surface area contributed by atoms with Crippen molar-refractivity contribution in [3.8, 4) is 0 Å². The lowest BCUT2D eigenvalue weighted by molar-refractivity contribution is 0.289. The summed E-state index contributed by atoms with van der Waals surface area (Å²) in [6.45, 7) is 3.36. The van der Waals surface area contributed by atoms with Crippen LogP contribution in [0.3, 0.4) is 0 Å². The largest absolute Gasteiger partial charge is 0.396 e. The summed E-state index contributed by atoms with van der Waals surface area (Å²) in [4.78, 5) is 1.26. The van der Waals surface area contributed by atoms with Crippen LogP contribution < -0.4 is 5.32 Å². The van der Waals surface area contributed by atoms with Crippen LogP contribution >= 0.6 is 27.7 Å². The Morgan fingerprint density at radius 1 is 1.50 bits per heavy atom. The molecule has 1 aliphatic rings. The third-order valence-corrected chi connectivity index (χ3v) is 4.96. The first-order chi connectivity index (χ1) is 8.69. The molecule has 2 N–H and O–H groups in total. The summed E-state index contributed by atoms with van der Waals surface area (Å²) in [6.07, 6.45) is 3.49. The van der Waals surface area contributed by atoms with Crippen molar-refractivity contribution in [2.75, 3.05) is 6.61 Å². The number of halogens is 1. The summed E-state index contributed by atoms with van der Waals surface area (Å²) >= 11 is 5.46. The number of nitrogens with one attached hydrogen (secondary N) is 1. The maximum atomic E-state index is 8.91. The summed E-state index contributed by atoms with van der Waals surface area (Å²) < 4.78 is 1.18. The van der Waals surface area contributed by atoms with E-state index < -0.39 is 0 Å². The van der Waals surface area contributed by atoms with Gasteiger partial charge in [0.05, 0.1) is 0 Å². The van der Waals surface area contributed by atoms with Crippen LogP contribution in [0.2, 0.25) is 0 Å². The number of aliphatic hydroxyl groups excluding tert-OH is 1. The predicted octanol–water partition coefficient (Wildman–Crippen LogP) is 3.56. The van der Waals surface area contributed by atoms with Crippen LogP contribution in [-0.4, -0.2) is 23.0 Å². The molecule has 2 rings (SSSR count). The highest BCUT2D eigenvalue weighted by Gasteiger charge is 2.20. The van der Waals surface area contributed by atoms with Crippen LogP contribution in [0.5, 0.6) is 0 Å². The molecule has 0 heterocycles. The van der Waals surface area contributed by atoms with Gasteiger partial charge in [-0.15, -0.1) is 11.8 Å². The molecule has 0 spiro atoms. The third kappa shape index (κ3) is 4.57. The minimum Gasteiger partial charge on any atom is -0.396 e. The van der Waals surface area contributed by atoms with Crippen LogP contribution in [0, 0.1) is 0 Å². The van der Waals surface area contributed by atoms with Crippen LogP contribution in [0.25, 0.3) is 0 Å². The van der Waals surface area contributed by atoms with E-state index in [0.717, 1.165) is 19.0 Å². The molecule has 0 radical (unpaired) electrons. The highest BCUT2D eigenvalue weighted by molar-refractivity contribution is 9.10. The molecule has 0 amide bonds. The van der Waals surface area contributed by atoms with Crippen molar-refractivity contribution in [3.63, 3.8) is 0 Å². The molecule has 2 nitrogen and oxygen atoms in total. The van der Waals surface area contributed by atoms with Gasteiger partial charge in [0.2, 0.25) is 0 Å². The quantitative estimate of drug-likeness (QED) is 0.750. The smallest absolute Gasteiger partial charge is 0.0441 e. The van der Waals surface area contributed by atoms with Gasteiger partial charge in [-0.2, -0.15) is 0 Å². The van der Waals surface area contributed by atoms with Crippen LogP contribution in [0.15, 0.2) is 27.6 Å². The van der Waals surface area contributed by atoms with E-state index in [1.807, 2.05) is 11.8 Å². The zero-order chi connectivity index (χ0) is 13.0. The highest BCUT2D eigenvalue weighted by Crippen LogP contribution is 2.29.